The first kappa shape index (κ1) is 20.9. The third-order valence-electron chi connectivity index (χ3n) is 3.23. The molecule has 1 aromatic carbocycles. The van der Waals surface area contributed by atoms with Crippen molar-refractivity contribution in [2.75, 3.05) is 12.4 Å². The van der Waals surface area contributed by atoms with E-state index in [1.807, 2.05) is 12.1 Å². The lowest BCUT2D eigenvalue weighted by atomic mass is 10.2. The second kappa shape index (κ2) is 10.0. The molecule has 26 heavy (non-hydrogen) atoms. The molecule has 0 fully saturated rings. The first-order chi connectivity index (χ1) is 12.4. The van der Waals surface area contributed by atoms with Crippen molar-refractivity contribution in [1.82, 2.24) is 15.0 Å². The number of sulfonamides is 1. The fourth-order valence-corrected chi connectivity index (χ4v) is 3.20. The summed E-state index contributed by atoms with van der Waals surface area (Å²) in [6.45, 7) is 0.507. The minimum Gasteiger partial charge on any atom is -0.470 e. The van der Waals surface area contributed by atoms with Gasteiger partial charge in [-0.15, -0.1) is 0 Å². The Morgan fingerprint density at radius 1 is 1.15 bits per heavy atom. The molecule has 1 aromatic heterocycles. The number of hydrogen-bond donors (Lipinski definition) is 2. The first-order valence-corrected chi connectivity index (χ1v) is 10.4. The molecule has 2 N–H and O–H groups in total. The van der Waals surface area contributed by atoms with Crippen molar-refractivity contribution in [3.8, 4) is 0 Å². The zero-order valence-electron chi connectivity index (χ0n) is 13.6. The average molecular weight is 434 g/mol. The van der Waals surface area contributed by atoms with Crippen molar-refractivity contribution in [1.29, 1.82) is 0 Å². The Labute approximate surface area is 167 Å². The van der Waals surface area contributed by atoms with Crippen LogP contribution >= 0.6 is 35.4 Å². The molecule has 0 saturated heterocycles. The molecule has 1 heterocycles. The number of nitrogens with zero attached hydrogens (tertiary/aromatic N) is 1. The fourth-order valence-electron chi connectivity index (χ4n) is 1.89. The lowest BCUT2D eigenvalue weighted by Crippen LogP contribution is -2.30. The van der Waals surface area contributed by atoms with E-state index < -0.39 is 10.0 Å². The van der Waals surface area contributed by atoms with Crippen LogP contribution in [-0.2, 0) is 27.8 Å². The quantitative estimate of drug-likeness (QED) is 0.622. The van der Waals surface area contributed by atoms with Gasteiger partial charge in [0.05, 0.1) is 15.8 Å². The molecule has 0 spiro atoms. The minimum absolute atomic E-state index is 0.0599. The predicted octanol–water partition coefficient (Wildman–Crippen LogP) is 2.90. The summed E-state index contributed by atoms with van der Waals surface area (Å²) in [7, 11) is -3.51. The zero-order valence-corrected chi connectivity index (χ0v) is 16.8. The van der Waals surface area contributed by atoms with E-state index in [4.69, 9.17) is 40.2 Å². The molecular weight excluding hydrogens is 417 g/mol. The zero-order chi connectivity index (χ0) is 19.0. The van der Waals surface area contributed by atoms with E-state index in [0.29, 0.717) is 22.2 Å². The lowest BCUT2D eigenvalue weighted by molar-refractivity contribution is 0.320. The van der Waals surface area contributed by atoms with Crippen LogP contribution in [0.4, 0.5) is 0 Å². The third-order valence-corrected chi connectivity index (χ3v) is 5.51. The van der Waals surface area contributed by atoms with Crippen molar-refractivity contribution in [2.45, 2.75) is 13.1 Å². The van der Waals surface area contributed by atoms with Crippen molar-refractivity contribution in [3.05, 3.63) is 63.9 Å². The minimum atomic E-state index is -3.51. The Balaban J connectivity index is 1.70. The first-order valence-electron chi connectivity index (χ1n) is 7.56. The largest absolute Gasteiger partial charge is 0.470 e. The Morgan fingerprint density at radius 2 is 1.96 bits per heavy atom. The summed E-state index contributed by atoms with van der Waals surface area (Å²) in [6, 6.07) is 8.63. The molecule has 0 amide bonds. The molecule has 0 atom stereocenters. The van der Waals surface area contributed by atoms with Crippen LogP contribution < -0.4 is 10.0 Å². The van der Waals surface area contributed by atoms with Crippen molar-refractivity contribution < 1.29 is 13.2 Å². The molecule has 6 nitrogen and oxygen atoms in total. The van der Waals surface area contributed by atoms with Gasteiger partial charge in [-0.3, -0.25) is 4.98 Å². The summed E-state index contributed by atoms with van der Waals surface area (Å²) in [5.41, 5.74) is 1.65. The number of halogens is 2. The second-order valence-electron chi connectivity index (χ2n) is 5.24. The molecule has 0 radical (unpaired) electrons. The van der Waals surface area contributed by atoms with Crippen LogP contribution in [0.5, 0.6) is 0 Å². The van der Waals surface area contributed by atoms with Crippen molar-refractivity contribution in [2.24, 2.45) is 0 Å². The van der Waals surface area contributed by atoms with Crippen LogP contribution in [-0.4, -0.2) is 30.9 Å². The van der Waals surface area contributed by atoms with E-state index in [1.54, 1.807) is 30.6 Å². The van der Waals surface area contributed by atoms with Crippen LogP contribution in [0.25, 0.3) is 0 Å². The van der Waals surface area contributed by atoms with E-state index in [9.17, 15) is 8.42 Å². The predicted molar refractivity (Wildman–Crippen MR) is 107 cm³/mol. The highest BCUT2D eigenvalue weighted by Crippen LogP contribution is 2.22. The number of rotatable bonds is 8. The molecule has 140 valence electrons. The highest BCUT2D eigenvalue weighted by Gasteiger charge is 2.11. The maximum Gasteiger partial charge on any atom is 0.256 e. The number of ether oxygens (including phenoxy) is 1. The summed E-state index contributed by atoms with van der Waals surface area (Å²) in [6.07, 6.45) is 3.38. The topological polar surface area (TPSA) is 80.3 Å². The molecule has 0 aliphatic carbocycles. The van der Waals surface area contributed by atoms with Gasteiger partial charge in [0.25, 0.3) is 5.17 Å². The molecule has 2 rings (SSSR count). The summed E-state index contributed by atoms with van der Waals surface area (Å²) in [5.74, 6) is -0.219. The second-order valence-corrected chi connectivity index (χ2v) is 8.35. The molecule has 2 aromatic rings. The van der Waals surface area contributed by atoms with E-state index in [-0.39, 0.29) is 24.1 Å². The summed E-state index contributed by atoms with van der Waals surface area (Å²) in [4.78, 5) is 3.99. The Hall–Kier alpha value is -1.45. The van der Waals surface area contributed by atoms with Crippen LogP contribution in [0.1, 0.15) is 11.1 Å². The van der Waals surface area contributed by atoms with Gasteiger partial charge >= 0.3 is 0 Å². The summed E-state index contributed by atoms with van der Waals surface area (Å²) >= 11 is 16.7. The Bertz CT molecular complexity index is 849. The van der Waals surface area contributed by atoms with E-state index in [2.05, 4.69) is 15.0 Å². The number of nitrogens with one attached hydrogen (secondary N) is 2. The highest BCUT2D eigenvalue weighted by molar-refractivity contribution is 7.89. The maximum absolute atomic E-state index is 12.0. The van der Waals surface area contributed by atoms with Gasteiger partial charge in [0.1, 0.15) is 6.61 Å². The molecule has 0 aliphatic rings. The Morgan fingerprint density at radius 3 is 2.65 bits per heavy atom. The standard InChI is InChI=1S/C16H17Cl2N3O3S2/c17-14-4-3-12(8-15(14)18)11-21-26(22,23)7-6-24-16(25)20-10-13-2-1-5-19-9-13/h1-5,8-9,21H,6-7,10-11H2,(H,20,25). The van der Waals surface area contributed by atoms with Gasteiger partial charge < -0.3 is 10.1 Å². The van der Waals surface area contributed by atoms with Crippen LogP contribution in [0.15, 0.2) is 42.7 Å². The van der Waals surface area contributed by atoms with Gasteiger partial charge in [0, 0.05) is 25.5 Å². The van der Waals surface area contributed by atoms with E-state index >= 15 is 0 Å². The third kappa shape index (κ3) is 7.43. The number of pyridine rings is 1. The normalized spacial score (nSPS) is 11.2. The van der Waals surface area contributed by atoms with Gasteiger partial charge in [-0.2, -0.15) is 0 Å². The van der Waals surface area contributed by atoms with Gasteiger partial charge in [-0.25, -0.2) is 13.1 Å². The smallest absolute Gasteiger partial charge is 0.256 e. The highest BCUT2D eigenvalue weighted by atomic mass is 35.5. The van der Waals surface area contributed by atoms with Crippen LogP contribution in [0, 0.1) is 0 Å². The van der Waals surface area contributed by atoms with Crippen LogP contribution in [0.3, 0.4) is 0 Å². The monoisotopic (exact) mass is 433 g/mol. The number of aromatic nitrogens is 1. The summed E-state index contributed by atoms with van der Waals surface area (Å²) in [5, 5.41) is 3.80. The molecule has 0 bridgehead atoms. The number of thiocarbonyl (C=S) groups is 1. The average Bonchev–Trinajstić information content (AvgIpc) is 2.62. The van der Waals surface area contributed by atoms with E-state index in [1.165, 1.54) is 0 Å². The van der Waals surface area contributed by atoms with E-state index in [0.717, 1.165) is 5.56 Å². The summed E-state index contributed by atoms with van der Waals surface area (Å²) < 4.78 is 31.7. The SMILES string of the molecule is O=S(=O)(CCOC(=S)NCc1cccnc1)NCc1ccc(Cl)c(Cl)c1. The van der Waals surface area contributed by atoms with Gasteiger partial charge in [-0.1, -0.05) is 35.3 Å². The molecule has 0 saturated carbocycles. The number of hydrogen-bond acceptors (Lipinski definition) is 5. The van der Waals surface area contributed by atoms with Gasteiger partial charge in [-0.05, 0) is 41.5 Å². The van der Waals surface area contributed by atoms with Crippen LogP contribution in [0.2, 0.25) is 10.0 Å². The molecule has 10 heteroatoms. The Kier molecular flexibility index (Phi) is 8.05. The maximum atomic E-state index is 12.0. The molecular formula is C16H17Cl2N3O3S2. The van der Waals surface area contributed by atoms with Crippen molar-refractivity contribution in [3.63, 3.8) is 0 Å². The van der Waals surface area contributed by atoms with Crippen molar-refractivity contribution >= 4 is 50.6 Å². The fraction of sp³-hybridized carbons (Fsp3) is 0.250. The molecule has 0 unspecified atom stereocenters. The number of benzene rings is 1. The van der Waals surface area contributed by atoms with Gasteiger partial charge in [0.15, 0.2) is 0 Å². The van der Waals surface area contributed by atoms with Gasteiger partial charge in [0.2, 0.25) is 10.0 Å². The molecule has 0 aliphatic heterocycles. The lowest BCUT2D eigenvalue weighted by Gasteiger charge is -2.11.